The van der Waals surface area contributed by atoms with Gasteiger partial charge in [-0.25, -0.2) is 8.78 Å². The Morgan fingerprint density at radius 2 is 2.13 bits per heavy atom. The highest BCUT2D eigenvalue weighted by atomic mass is 32.1. The van der Waals surface area contributed by atoms with Crippen molar-refractivity contribution in [3.63, 3.8) is 0 Å². The summed E-state index contributed by atoms with van der Waals surface area (Å²) in [4.78, 5) is 11.8. The first-order chi connectivity index (χ1) is 7.20. The maximum atomic E-state index is 13.2. The molecule has 0 N–H and O–H groups in total. The van der Waals surface area contributed by atoms with Crippen LogP contribution in [-0.2, 0) is 0 Å². The highest BCUT2D eigenvalue weighted by Crippen LogP contribution is 2.16. The third kappa shape index (κ3) is 1.75. The van der Waals surface area contributed by atoms with Crippen LogP contribution in [0.2, 0.25) is 0 Å². The van der Waals surface area contributed by atoms with Gasteiger partial charge in [-0.2, -0.15) is 0 Å². The second-order valence-electron chi connectivity index (χ2n) is 2.71. The van der Waals surface area contributed by atoms with Gasteiger partial charge >= 0.3 is 0 Å². The molecule has 0 bridgehead atoms. The molecule has 0 saturated heterocycles. The molecule has 0 amide bonds. The van der Waals surface area contributed by atoms with E-state index in [-0.39, 0.29) is 10.4 Å². The molecule has 0 unspecified atom stereocenters. The summed E-state index contributed by atoms with van der Waals surface area (Å²) in [7, 11) is 0. The monoisotopic (exact) mass is 226 g/mol. The number of aromatic nitrogens is 2. The van der Waals surface area contributed by atoms with Crippen molar-refractivity contribution in [1.82, 2.24) is 9.59 Å². The molecule has 0 aliphatic heterocycles. The average Bonchev–Trinajstić information content (AvgIpc) is 2.74. The van der Waals surface area contributed by atoms with E-state index in [4.69, 9.17) is 0 Å². The molecule has 2 rings (SSSR count). The lowest BCUT2D eigenvalue weighted by molar-refractivity contribution is 0.103. The fourth-order valence-electron chi connectivity index (χ4n) is 1.08. The number of carbonyl (C=O) groups excluding carboxylic acids is 1. The lowest BCUT2D eigenvalue weighted by Gasteiger charge is -1.99. The predicted octanol–water partition coefficient (Wildman–Crippen LogP) is 2.05. The van der Waals surface area contributed by atoms with Crippen LogP contribution in [-0.4, -0.2) is 15.4 Å². The van der Waals surface area contributed by atoms with Crippen LogP contribution in [0.4, 0.5) is 8.78 Å². The van der Waals surface area contributed by atoms with E-state index in [0.717, 1.165) is 17.6 Å². The van der Waals surface area contributed by atoms with Gasteiger partial charge in [0.05, 0.1) is 11.8 Å². The molecule has 0 atom stereocenters. The van der Waals surface area contributed by atoms with Crippen molar-refractivity contribution in [1.29, 1.82) is 0 Å². The Balaban J connectivity index is 2.47. The highest BCUT2D eigenvalue weighted by molar-refractivity contribution is 7.08. The van der Waals surface area contributed by atoms with Gasteiger partial charge in [0.2, 0.25) is 5.78 Å². The fourth-order valence-corrected chi connectivity index (χ4v) is 1.55. The summed E-state index contributed by atoms with van der Waals surface area (Å²) in [6.45, 7) is 0. The molecule has 0 fully saturated rings. The SMILES string of the molecule is O=C(c1cnns1)c1cccc(F)c1F. The third-order valence-corrected chi connectivity index (χ3v) is 2.44. The lowest BCUT2D eigenvalue weighted by atomic mass is 10.1. The van der Waals surface area contributed by atoms with Gasteiger partial charge < -0.3 is 0 Å². The molecule has 0 aliphatic carbocycles. The quantitative estimate of drug-likeness (QED) is 0.736. The molecule has 15 heavy (non-hydrogen) atoms. The molecule has 1 aromatic carbocycles. The molecule has 76 valence electrons. The van der Waals surface area contributed by atoms with Crippen LogP contribution in [0.25, 0.3) is 0 Å². The summed E-state index contributed by atoms with van der Waals surface area (Å²) in [6.07, 6.45) is 1.22. The Labute approximate surface area is 87.5 Å². The lowest BCUT2D eigenvalue weighted by Crippen LogP contribution is -2.03. The van der Waals surface area contributed by atoms with E-state index < -0.39 is 17.4 Å². The Hall–Kier alpha value is -1.69. The van der Waals surface area contributed by atoms with Gasteiger partial charge in [-0.1, -0.05) is 10.6 Å². The van der Waals surface area contributed by atoms with Crippen molar-refractivity contribution < 1.29 is 13.6 Å². The minimum absolute atomic E-state index is 0.180. The van der Waals surface area contributed by atoms with Crippen molar-refractivity contribution >= 4 is 17.3 Å². The summed E-state index contributed by atoms with van der Waals surface area (Å²) in [5, 5.41) is 3.45. The summed E-state index contributed by atoms with van der Waals surface area (Å²) in [5.41, 5.74) is -0.305. The van der Waals surface area contributed by atoms with E-state index in [1.807, 2.05) is 0 Å². The van der Waals surface area contributed by atoms with Gasteiger partial charge in [0, 0.05) is 0 Å². The van der Waals surface area contributed by atoms with Crippen LogP contribution in [0, 0.1) is 11.6 Å². The predicted molar refractivity (Wildman–Crippen MR) is 49.7 cm³/mol. The average molecular weight is 226 g/mol. The molecular formula is C9H4F2N2OS. The molecule has 1 aromatic heterocycles. The maximum Gasteiger partial charge on any atom is 0.209 e. The smallest absolute Gasteiger partial charge is 0.209 e. The van der Waals surface area contributed by atoms with Crippen molar-refractivity contribution in [3.05, 3.63) is 46.5 Å². The second kappa shape index (κ2) is 3.82. The molecule has 6 heteroatoms. The molecule has 0 saturated carbocycles. The summed E-state index contributed by atoms with van der Waals surface area (Å²) in [6, 6.07) is 3.46. The zero-order chi connectivity index (χ0) is 10.8. The molecule has 0 radical (unpaired) electrons. The molecule has 2 aromatic rings. The zero-order valence-corrected chi connectivity index (χ0v) is 8.09. The van der Waals surface area contributed by atoms with Gasteiger partial charge in [-0.05, 0) is 23.7 Å². The van der Waals surface area contributed by atoms with E-state index in [1.165, 1.54) is 18.3 Å². The first kappa shape index (κ1) is 9.85. The Kier molecular flexibility index (Phi) is 2.51. The molecule has 0 spiro atoms. The van der Waals surface area contributed by atoms with E-state index in [1.54, 1.807) is 0 Å². The summed E-state index contributed by atoms with van der Waals surface area (Å²) < 4.78 is 29.5. The molecule has 1 heterocycles. The number of benzene rings is 1. The van der Waals surface area contributed by atoms with Crippen LogP contribution >= 0.6 is 11.5 Å². The van der Waals surface area contributed by atoms with Gasteiger partial charge in [-0.3, -0.25) is 4.79 Å². The van der Waals surface area contributed by atoms with Crippen molar-refractivity contribution in [2.24, 2.45) is 0 Å². The van der Waals surface area contributed by atoms with E-state index in [2.05, 4.69) is 9.59 Å². The van der Waals surface area contributed by atoms with Crippen molar-refractivity contribution in [3.8, 4) is 0 Å². The minimum Gasteiger partial charge on any atom is -0.287 e. The number of hydrogen-bond acceptors (Lipinski definition) is 4. The van der Waals surface area contributed by atoms with Crippen LogP contribution < -0.4 is 0 Å². The molecule has 0 aliphatic rings. The van der Waals surface area contributed by atoms with Crippen LogP contribution in [0.5, 0.6) is 0 Å². The maximum absolute atomic E-state index is 13.2. The number of nitrogens with zero attached hydrogens (tertiary/aromatic N) is 2. The van der Waals surface area contributed by atoms with Crippen LogP contribution in [0.3, 0.4) is 0 Å². The Morgan fingerprint density at radius 3 is 2.80 bits per heavy atom. The van der Waals surface area contributed by atoms with Crippen molar-refractivity contribution in [2.75, 3.05) is 0 Å². The number of hydrogen-bond donors (Lipinski definition) is 0. The standard InChI is InChI=1S/C9H4F2N2OS/c10-6-3-1-2-5(8(6)11)9(14)7-4-12-13-15-7/h1-4H. The van der Waals surface area contributed by atoms with E-state index in [9.17, 15) is 13.6 Å². The van der Waals surface area contributed by atoms with Gasteiger partial charge in [-0.15, -0.1) is 5.10 Å². The first-order valence-corrected chi connectivity index (χ1v) is 4.73. The zero-order valence-electron chi connectivity index (χ0n) is 7.28. The largest absolute Gasteiger partial charge is 0.287 e. The summed E-state index contributed by atoms with van der Waals surface area (Å²) in [5.74, 6) is -2.80. The van der Waals surface area contributed by atoms with Crippen LogP contribution in [0.15, 0.2) is 24.4 Å². The number of ketones is 1. The van der Waals surface area contributed by atoms with Gasteiger partial charge in [0.25, 0.3) is 0 Å². The van der Waals surface area contributed by atoms with Crippen molar-refractivity contribution in [2.45, 2.75) is 0 Å². The second-order valence-corrected chi connectivity index (χ2v) is 3.50. The summed E-state index contributed by atoms with van der Waals surface area (Å²) >= 11 is 0.841. The number of carbonyl (C=O) groups is 1. The topological polar surface area (TPSA) is 42.9 Å². The van der Waals surface area contributed by atoms with Gasteiger partial charge in [0.1, 0.15) is 4.88 Å². The number of rotatable bonds is 2. The molecular weight excluding hydrogens is 222 g/mol. The van der Waals surface area contributed by atoms with E-state index >= 15 is 0 Å². The van der Waals surface area contributed by atoms with Gasteiger partial charge in [0.15, 0.2) is 11.6 Å². The third-order valence-electron chi connectivity index (χ3n) is 1.78. The number of halogens is 2. The van der Waals surface area contributed by atoms with Crippen LogP contribution in [0.1, 0.15) is 15.2 Å². The first-order valence-electron chi connectivity index (χ1n) is 3.96. The molecule has 3 nitrogen and oxygen atoms in total. The Bertz CT molecular complexity index is 499. The highest BCUT2D eigenvalue weighted by Gasteiger charge is 2.18. The van der Waals surface area contributed by atoms with E-state index in [0.29, 0.717) is 0 Å². The Morgan fingerprint density at radius 1 is 1.33 bits per heavy atom. The minimum atomic E-state index is -1.14. The fraction of sp³-hybridized carbons (Fsp3) is 0. The normalized spacial score (nSPS) is 10.3.